The topological polar surface area (TPSA) is 78.3 Å². The van der Waals surface area contributed by atoms with Crippen molar-refractivity contribution in [3.05, 3.63) is 50.3 Å². The number of halogens is 1. The van der Waals surface area contributed by atoms with Crippen LogP contribution in [-0.2, 0) is 12.9 Å². The maximum atomic E-state index is 11.6. The van der Waals surface area contributed by atoms with E-state index in [9.17, 15) is 14.9 Å². The van der Waals surface area contributed by atoms with Gasteiger partial charge in [0.15, 0.2) is 5.76 Å². The summed E-state index contributed by atoms with van der Waals surface area (Å²) >= 11 is 5.70. The number of nitrogens with zero attached hydrogens (tertiary/aromatic N) is 2. The Kier molecular flexibility index (Phi) is 3.20. The molecule has 0 aliphatic rings. The molecule has 0 saturated heterocycles. The van der Waals surface area contributed by atoms with Crippen molar-refractivity contribution in [2.24, 2.45) is 7.05 Å². The predicted octanol–water partition coefficient (Wildman–Crippen LogP) is 2.29. The minimum atomic E-state index is -0.493. The standard InChI is InChI=1S/C11H9ClN2O4/c1-13-11(15)9(6-12)10(18-13)7-2-4-8(5-3-7)14(16)17/h2-5H,6H2,1H3. The second-order valence-corrected chi connectivity index (χ2v) is 3.91. The molecule has 1 aromatic heterocycles. The van der Waals surface area contributed by atoms with Crippen LogP contribution < -0.4 is 5.56 Å². The Bertz CT molecular complexity index is 642. The lowest BCUT2D eigenvalue weighted by atomic mass is 10.1. The van der Waals surface area contributed by atoms with Gasteiger partial charge in [-0.3, -0.25) is 14.9 Å². The highest BCUT2D eigenvalue weighted by molar-refractivity contribution is 6.17. The molecular weight excluding hydrogens is 260 g/mol. The van der Waals surface area contributed by atoms with Gasteiger partial charge in [-0.25, -0.2) is 0 Å². The first-order chi connectivity index (χ1) is 8.54. The third-order valence-electron chi connectivity index (χ3n) is 2.52. The van der Waals surface area contributed by atoms with E-state index < -0.39 is 4.92 Å². The molecule has 0 atom stereocenters. The summed E-state index contributed by atoms with van der Waals surface area (Å²) in [4.78, 5) is 21.7. The van der Waals surface area contributed by atoms with E-state index in [0.29, 0.717) is 16.9 Å². The molecule has 6 nitrogen and oxygen atoms in total. The van der Waals surface area contributed by atoms with E-state index in [0.717, 1.165) is 4.74 Å². The van der Waals surface area contributed by atoms with Crippen LogP contribution >= 0.6 is 11.6 Å². The zero-order valence-electron chi connectivity index (χ0n) is 9.42. The zero-order chi connectivity index (χ0) is 13.3. The van der Waals surface area contributed by atoms with Crippen molar-refractivity contribution < 1.29 is 9.45 Å². The Morgan fingerprint density at radius 1 is 1.39 bits per heavy atom. The van der Waals surface area contributed by atoms with E-state index in [1.807, 2.05) is 0 Å². The van der Waals surface area contributed by atoms with Crippen LogP contribution in [0.25, 0.3) is 11.3 Å². The summed E-state index contributed by atoms with van der Waals surface area (Å²) < 4.78 is 6.35. The van der Waals surface area contributed by atoms with E-state index in [1.54, 1.807) is 0 Å². The maximum absolute atomic E-state index is 11.6. The normalized spacial score (nSPS) is 10.6. The molecule has 0 radical (unpaired) electrons. The first-order valence-electron chi connectivity index (χ1n) is 5.04. The van der Waals surface area contributed by atoms with Crippen LogP contribution in [0.5, 0.6) is 0 Å². The van der Waals surface area contributed by atoms with Gasteiger partial charge in [0, 0.05) is 24.7 Å². The minimum absolute atomic E-state index is 0.0233. The smallest absolute Gasteiger partial charge is 0.287 e. The molecule has 0 aliphatic heterocycles. The molecule has 2 aromatic rings. The van der Waals surface area contributed by atoms with Crippen molar-refractivity contribution in [1.82, 2.24) is 4.74 Å². The molecule has 0 fully saturated rings. The highest BCUT2D eigenvalue weighted by Crippen LogP contribution is 2.25. The van der Waals surface area contributed by atoms with Crippen molar-refractivity contribution >= 4 is 17.3 Å². The van der Waals surface area contributed by atoms with Crippen LogP contribution in [0.15, 0.2) is 33.6 Å². The van der Waals surface area contributed by atoms with Gasteiger partial charge in [-0.15, -0.1) is 11.6 Å². The van der Waals surface area contributed by atoms with Gasteiger partial charge in [0.1, 0.15) is 0 Å². The molecule has 0 bridgehead atoms. The van der Waals surface area contributed by atoms with Crippen LogP contribution in [-0.4, -0.2) is 9.66 Å². The number of aromatic nitrogens is 1. The van der Waals surface area contributed by atoms with Gasteiger partial charge >= 0.3 is 0 Å². The molecule has 0 N–H and O–H groups in total. The van der Waals surface area contributed by atoms with E-state index >= 15 is 0 Å². The Labute approximate surface area is 107 Å². The molecule has 1 aromatic carbocycles. The molecule has 94 valence electrons. The van der Waals surface area contributed by atoms with Gasteiger partial charge < -0.3 is 4.52 Å². The third kappa shape index (κ3) is 2.02. The van der Waals surface area contributed by atoms with E-state index in [-0.39, 0.29) is 17.1 Å². The van der Waals surface area contributed by atoms with Crippen LogP contribution in [0.3, 0.4) is 0 Å². The molecule has 2 rings (SSSR count). The number of benzene rings is 1. The Morgan fingerprint density at radius 3 is 2.50 bits per heavy atom. The lowest BCUT2D eigenvalue weighted by Crippen LogP contribution is -2.12. The fraction of sp³-hybridized carbons (Fsp3) is 0.182. The number of hydrogen-bond acceptors (Lipinski definition) is 4. The number of aryl methyl sites for hydroxylation is 1. The van der Waals surface area contributed by atoms with Crippen LogP contribution in [0.4, 0.5) is 5.69 Å². The average molecular weight is 269 g/mol. The molecule has 0 saturated carbocycles. The highest BCUT2D eigenvalue weighted by Gasteiger charge is 2.17. The van der Waals surface area contributed by atoms with Gasteiger partial charge in [0.2, 0.25) is 0 Å². The SMILES string of the molecule is Cn1oc(-c2ccc([N+](=O)[O-])cc2)c(CCl)c1=O. The number of hydrogen-bond donors (Lipinski definition) is 0. The summed E-state index contributed by atoms with van der Waals surface area (Å²) in [5.41, 5.74) is 0.588. The average Bonchev–Trinajstić information content (AvgIpc) is 2.65. The van der Waals surface area contributed by atoms with Crippen LogP contribution in [0.1, 0.15) is 5.56 Å². The maximum Gasteiger partial charge on any atom is 0.287 e. The third-order valence-corrected chi connectivity index (χ3v) is 2.79. The number of rotatable bonds is 3. The first-order valence-corrected chi connectivity index (χ1v) is 5.58. The number of alkyl halides is 1. The monoisotopic (exact) mass is 268 g/mol. The Morgan fingerprint density at radius 2 is 2.00 bits per heavy atom. The highest BCUT2D eigenvalue weighted by atomic mass is 35.5. The van der Waals surface area contributed by atoms with Crippen molar-refractivity contribution in [2.75, 3.05) is 0 Å². The summed E-state index contributed by atoms with van der Waals surface area (Å²) in [7, 11) is 1.48. The fourth-order valence-corrected chi connectivity index (χ4v) is 1.84. The number of nitro groups is 1. The zero-order valence-corrected chi connectivity index (χ0v) is 10.2. The summed E-state index contributed by atoms with van der Waals surface area (Å²) in [6.07, 6.45) is 0. The fourth-order valence-electron chi connectivity index (χ4n) is 1.60. The largest absolute Gasteiger partial charge is 0.376 e. The minimum Gasteiger partial charge on any atom is -0.376 e. The van der Waals surface area contributed by atoms with Crippen molar-refractivity contribution in [3.8, 4) is 11.3 Å². The molecular formula is C11H9ClN2O4. The first kappa shape index (κ1) is 12.4. The molecule has 0 amide bonds. The summed E-state index contributed by atoms with van der Waals surface area (Å²) in [5, 5.41) is 10.5. The van der Waals surface area contributed by atoms with E-state index in [1.165, 1.54) is 31.3 Å². The molecule has 18 heavy (non-hydrogen) atoms. The van der Waals surface area contributed by atoms with Crippen LogP contribution in [0.2, 0.25) is 0 Å². The molecule has 0 unspecified atom stereocenters. The summed E-state index contributed by atoms with van der Waals surface area (Å²) in [6, 6.07) is 5.74. The second-order valence-electron chi connectivity index (χ2n) is 3.64. The van der Waals surface area contributed by atoms with Gasteiger partial charge in [-0.2, -0.15) is 4.74 Å². The lowest BCUT2D eigenvalue weighted by Gasteiger charge is -1.97. The molecule has 1 heterocycles. The Balaban J connectivity index is 2.52. The Hall–Kier alpha value is -2.08. The van der Waals surface area contributed by atoms with Gasteiger partial charge in [-0.05, 0) is 12.1 Å². The van der Waals surface area contributed by atoms with Gasteiger partial charge in [0.25, 0.3) is 11.2 Å². The molecule has 0 aliphatic carbocycles. The summed E-state index contributed by atoms with van der Waals surface area (Å²) in [6.45, 7) is 0. The quantitative estimate of drug-likeness (QED) is 0.486. The van der Waals surface area contributed by atoms with Crippen LogP contribution in [0, 0.1) is 10.1 Å². The molecule has 0 spiro atoms. The second kappa shape index (κ2) is 4.66. The number of non-ortho nitro benzene ring substituents is 1. The van der Waals surface area contributed by atoms with Gasteiger partial charge in [-0.1, -0.05) is 0 Å². The lowest BCUT2D eigenvalue weighted by molar-refractivity contribution is -0.384. The van der Waals surface area contributed by atoms with E-state index in [2.05, 4.69) is 0 Å². The van der Waals surface area contributed by atoms with Gasteiger partial charge in [0.05, 0.1) is 16.4 Å². The summed E-state index contributed by atoms with van der Waals surface area (Å²) in [5.74, 6) is 0.363. The van der Waals surface area contributed by atoms with Crippen molar-refractivity contribution in [1.29, 1.82) is 0 Å². The predicted molar refractivity (Wildman–Crippen MR) is 65.6 cm³/mol. The number of nitro benzene ring substituents is 1. The molecule has 7 heteroatoms. The van der Waals surface area contributed by atoms with Crippen molar-refractivity contribution in [3.63, 3.8) is 0 Å². The van der Waals surface area contributed by atoms with Crippen molar-refractivity contribution in [2.45, 2.75) is 5.88 Å². The van der Waals surface area contributed by atoms with E-state index in [4.69, 9.17) is 16.1 Å².